The zero-order chi connectivity index (χ0) is 22.5. The maximum Gasteiger partial charge on any atom is 0.249 e. The average Bonchev–Trinajstić information content (AvgIpc) is 3.40. The van der Waals surface area contributed by atoms with E-state index in [-0.39, 0.29) is 0 Å². The Morgan fingerprint density at radius 3 is 2.50 bits per heavy atom. The normalized spacial score (nSPS) is 11.9. The molecule has 7 heteroatoms. The van der Waals surface area contributed by atoms with Gasteiger partial charge >= 0.3 is 0 Å². The van der Waals surface area contributed by atoms with E-state index in [0.717, 1.165) is 32.2 Å². The molecule has 160 valence electrons. The molecule has 0 spiro atoms. The first-order valence-corrected chi connectivity index (χ1v) is 12.8. The van der Waals surface area contributed by atoms with E-state index in [0.29, 0.717) is 22.6 Å². The summed E-state index contributed by atoms with van der Waals surface area (Å²) in [7, 11) is -3.39. The van der Waals surface area contributed by atoms with Gasteiger partial charge in [0.2, 0.25) is 5.91 Å². The molecule has 32 heavy (non-hydrogen) atoms. The zero-order valence-corrected chi connectivity index (χ0v) is 18.9. The van der Waals surface area contributed by atoms with E-state index in [1.165, 1.54) is 6.26 Å². The molecular weight excluding hydrogens is 440 g/mol. The van der Waals surface area contributed by atoms with E-state index in [4.69, 9.17) is 5.73 Å². The first-order valence-electron chi connectivity index (χ1n) is 10.0. The van der Waals surface area contributed by atoms with Gasteiger partial charge in [-0.05, 0) is 46.8 Å². The Hall–Kier alpha value is -3.42. The van der Waals surface area contributed by atoms with Crippen LogP contribution in [0.3, 0.4) is 0 Å². The van der Waals surface area contributed by atoms with Gasteiger partial charge in [-0.15, -0.1) is 11.3 Å². The topological polar surface area (TPSA) is 82.2 Å². The number of aromatic nitrogens is 1. The van der Waals surface area contributed by atoms with Gasteiger partial charge in [0.05, 0.1) is 15.9 Å². The van der Waals surface area contributed by atoms with Gasteiger partial charge in [-0.1, -0.05) is 42.5 Å². The molecule has 2 N–H and O–H groups in total. The highest BCUT2D eigenvalue weighted by molar-refractivity contribution is 7.90. The van der Waals surface area contributed by atoms with E-state index in [9.17, 15) is 13.2 Å². The Balaban J connectivity index is 1.83. The molecule has 0 bridgehead atoms. The molecule has 5 rings (SSSR count). The van der Waals surface area contributed by atoms with Gasteiger partial charge in [0, 0.05) is 34.0 Å². The highest BCUT2D eigenvalue weighted by Gasteiger charge is 2.19. The number of sulfone groups is 1. The Labute approximate surface area is 189 Å². The number of primary amides is 1. The highest BCUT2D eigenvalue weighted by Crippen LogP contribution is 2.36. The largest absolute Gasteiger partial charge is 0.366 e. The third-order valence-electron chi connectivity index (χ3n) is 5.66. The summed E-state index contributed by atoms with van der Waals surface area (Å²) in [5.74, 6) is -0.492. The molecule has 0 radical (unpaired) electrons. The molecule has 1 amide bonds. The molecule has 2 heterocycles. The molecule has 0 aliphatic rings. The molecular formula is C25H20N2O3S2. The molecule has 0 atom stereocenters. The smallest absolute Gasteiger partial charge is 0.249 e. The minimum Gasteiger partial charge on any atom is -0.366 e. The summed E-state index contributed by atoms with van der Waals surface area (Å²) in [5, 5.41) is 3.72. The third kappa shape index (κ3) is 3.39. The summed E-state index contributed by atoms with van der Waals surface area (Å²) >= 11 is 1.65. The Kier molecular flexibility index (Phi) is 4.87. The summed E-state index contributed by atoms with van der Waals surface area (Å²) in [6.07, 6.45) is 1.22. The lowest BCUT2D eigenvalue weighted by atomic mass is 10.0. The predicted octanol–water partition coefficient (Wildman–Crippen LogP) is 5.07. The maximum absolute atomic E-state index is 12.4. The van der Waals surface area contributed by atoms with Crippen molar-refractivity contribution in [2.75, 3.05) is 6.26 Å². The summed E-state index contributed by atoms with van der Waals surface area (Å²) in [6, 6.07) is 22.7. The van der Waals surface area contributed by atoms with Crippen LogP contribution in [0.1, 0.15) is 15.9 Å². The fourth-order valence-electron chi connectivity index (χ4n) is 4.28. The van der Waals surface area contributed by atoms with Crippen LogP contribution in [0, 0.1) is 0 Å². The molecule has 0 unspecified atom stereocenters. The van der Waals surface area contributed by atoms with Crippen LogP contribution in [0.25, 0.3) is 32.2 Å². The van der Waals surface area contributed by atoms with Crippen molar-refractivity contribution >= 4 is 48.9 Å². The molecule has 0 aliphatic carbocycles. The molecule has 5 nitrogen and oxygen atoms in total. The monoisotopic (exact) mass is 460 g/mol. The van der Waals surface area contributed by atoms with Crippen LogP contribution >= 0.6 is 11.3 Å². The molecule has 0 saturated carbocycles. The van der Waals surface area contributed by atoms with Crippen LogP contribution in [-0.2, 0) is 16.4 Å². The average molecular weight is 461 g/mol. The van der Waals surface area contributed by atoms with Crippen LogP contribution in [0.5, 0.6) is 0 Å². The first-order chi connectivity index (χ1) is 15.3. The summed E-state index contributed by atoms with van der Waals surface area (Å²) in [5.41, 5.74) is 9.66. The Morgan fingerprint density at radius 1 is 0.969 bits per heavy atom. The SMILES string of the molecule is CS(=O)(=O)c1ccccc1Cn1c2cc(-c3cccs3)ccc2c2c(C(N)=O)cccc21. The van der Waals surface area contributed by atoms with Crippen molar-refractivity contribution in [3.05, 3.63) is 89.3 Å². The second-order valence-electron chi connectivity index (χ2n) is 7.74. The number of hydrogen-bond acceptors (Lipinski definition) is 4. The number of thiophene rings is 1. The molecule has 5 aromatic rings. The van der Waals surface area contributed by atoms with Crippen molar-refractivity contribution in [1.29, 1.82) is 0 Å². The van der Waals surface area contributed by atoms with E-state index < -0.39 is 15.7 Å². The third-order valence-corrected chi connectivity index (χ3v) is 7.78. The standard InChI is InChI=1S/C25H20N2O3S2/c1-32(29,30)23-10-3-2-6-17(23)15-27-20-8-4-7-19(25(26)28)24(20)18-12-11-16(14-21(18)27)22-9-5-13-31-22/h2-14H,15H2,1H3,(H2,26,28). The number of carbonyl (C=O) groups excluding carboxylic acids is 1. The summed E-state index contributed by atoms with van der Waals surface area (Å²) in [4.78, 5) is 13.6. The number of fused-ring (bicyclic) bond motifs is 3. The fraction of sp³-hybridized carbons (Fsp3) is 0.0800. The van der Waals surface area contributed by atoms with Gasteiger partial charge in [-0.2, -0.15) is 0 Å². The Morgan fingerprint density at radius 2 is 1.78 bits per heavy atom. The van der Waals surface area contributed by atoms with Gasteiger partial charge in [0.1, 0.15) is 0 Å². The van der Waals surface area contributed by atoms with E-state index >= 15 is 0 Å². The number of amides is 1. The second kappa shape index (κ2) is 7.62. The lowest BCUT2D eigenvalue weighted by Gasteiger charge is -2.12. The first kappa shape index (κ1) is 20.5. The maximum atomic E-state index is 12.4. The fourth-order valence-corrected chi connectivity index (χ4v) is 5.94. The van der Waals surface area contributed by atoms with Gasteiger partial charge in [0.15, 0.2) is 9.84 Å². The molecule has 0 aliphatic heterocycles. The van der Waals surface area contributed by atoms with Crippen molar-refractivity contribution < 1.29 is 13.2 Å². The van der Waals surface area contributed by atoms with Gasteiger partial charge < -0.3 is 10.3 Å². The minimum absolute atomic E-state index is 0.301. The number of benzene rings is 3. The van der Waals surface area contributed by atoms with Gasteiger partial charge in [-0.3, -0.25) is 4.79 Å². The number of rotatable bonds is 5. The molecule has 3 aromatic carbocycles. The lowest BCUT2D eigenvalue weighted by molar-refractivity contribution is 0.100. The molecule has 0 fully saturated rings. The van der Waals surface area contributed by atoms with Crippen LogP contribution in [0.15, 0.2) is 83.1 Å². The predicted molar refractivity (Wildman–Crippen MR) is 130 cm³/mol. The van der Waals surface area contributed by atoms with Crippen molar-refractivity contribution in [2.24, 2.45) is 5.73 Å². The quantitative estimate of drug-likeness (QED) is 0.397. The van der Waals surface area contributed by atoms with Crippen LogP contribution in [0.4, 0.5) is 0 Å². The number of carbonyl (C=O) groups is 1. The van der Waals surface area contributed by atoms with E-state index in [1.807, 2.05) is 41.8 Å². The lowest BCUT2D eigenvalue weighted by Crippen LogP contribution is -2.11. The second-order valence-corrected chi connectivity index (χ2v) is 10.7. The van der Waals surface area contributed by atoms with Gasteiger partial charge in [0.25, 0.3) is 0 Å². The van der Waals surface area contributed by atoms with Gasteiger partial charge in [-0.25, -0.2) is 8.42 Å². The van der Waals surface area contributed by atoms with Crippen molar-refractivity contribution in [1.82, 2.24) is 4.57 Å². The Bertz CT molecular complexity index is 1600. The minimum atomic E-state index is -3.39. The molecule has 2 aromatic heterocycles. The van der Waals surface area contributed by atoms with Crippen molar-refractivity contribution in [2.45, 2.75) is 11.4 Å². The number of hydrogen-bond donors (Lipinski definition) is 1. The van der Waals surface area contributed by atoms with Crippen LogP contribution < -0.4 is 5.73 Å². The van der Waals surface area contributed by atoms with Crippen LogP contribution in [0.2, 0.25) is 0 Å². The highest BCUT2D eigenvalue weighted by atomic mass is 32.2. The number of nitrogens with zero attached hydrogens (tertiary/aromatic N) is 1. The number of nitrogens with two attached hydrogens (primary N) is 1. The zero-order valence-electron chi connectivity index (χ0n) is 17.3. The van der Waals surface area contributed by atoms with E-state index in [1.54, 1.807) is 35.6 Å². The van der Waals surface area contributed by atoms with Crippen molar-refractivity contribution in [3.63, 3.8) is 0 Å². The summed E-state index contributed by atoms with van der Waals surface area (Å²) < 4.78 is 26.9. The van der Waals surface area contributed by atoms with Crippen molar-refractivity contribution in [3.8, 4) is 10.4 Å². The summed E-state index contributed by atoms with van der Waals surface area (Å²) in [6.45, 7) is 0.347. The molecule has 0 saturated heterocycles. The van der Waals surface area contributed by atoms with Crippen LogP contribution in [-0.4, -0.2) is 25.1 Å². The van der Waals surface area contributed by atoms with E-state index in [2.05, 4.69) is 16.7 Å².